The molecule has 21 heavy (non-hydrogen) atoms. The van der Waals surface area contributed by atoms with Crippen LogP contribution >= 0.6 is 11.8 Å². The zero-order valence-corrected chi connectivity index (χ0v) is 12.1. The quantitative estimate of drug-likeness (QED) is 0.858. The third kappa shape index (κ3) is 3.78. The van der Waals surface area contributed by atoms with Crippen LogP contribution in [0.1, 0.15) is 18.9 Å². The number of carbonyl (C=O) groups is 2. The van der Waals surface area contributed by atoms with Crippen molar-refractivity contribution >= 4 is 28.5 Å². The van der Waals surface area contributed by atoms with Crippen LogP contribution in [0.5, 0.6) is 0 Å². The van der Waals surface area contributed by atoms with Crippen molar-refractivity contribution in [2.45, 2.75) is 19.5 Å². The van der Waals surface area contributed by atoms with Gasteiger partial charge in [0, 0.05) is 25.6 Å². The van der Waals surface area contributed by atoms with E-state index in [1.54, 1.807) is 0 Å². The molecule has 3 nitrogen and oxygen atoms in total. The molecule has 114 valence electrons. The fraction of sp³-hybridized carbons (Fsp3) is 0.429. The number of amides is 1. The number of rotatable bonds is 3. The van der Waals surface area contributed by atoms with E-state index in [0.717, 1.165) is 17.8 Å². The molecular weight excluding hydrogens is 303 g/mol. The van der Waals surface area contributed by atoms with Crippen molar-refractivity contribution in [3.05, 3.63) is 29.8 Å². The lowest BCUT2D eigenvalue weighted by Gasteiger charge is -2.21. The first-order valence-electron chi connectivity index (χ1n) is 6.39. The van der Waals surface area contributed by atoms with Crippen LogP contribution in [-0.2, 0) is 15.8 Å². The molecule has 1 aromatic carbocycles. The van der Waals surface area contributed by atoms with Crippen molar-refractivity contribution in [1.29, 1.82) is 0 Å². The molecule has 2 rings (SSSR count). The Morgan fingerprint density at radius 3 is 2.67 bits per heavy atom. The molecule has 1 aromatic rings. The van der Waals surface area contributed by atoms with Crippen LogP contribution in [0.2, 0.25) is 0 Å². The zero-order valence-electron chi connectivity index (χ0n) is 11.3. The van der Waals surface area contributed by atoms with Gasteiger partial charge in [-0.05, 0) is 18.1 Å². The molecular formula is C14H14F3NO2S. The van der Waals surface area contributed by atoms with E-state index in [1.165, 1.54) is 30.0 Å². The second-order valence-corrected chi connectivity index (χ2v) is 6.09. The lowest BCUT2D eigenvalue weighted by atomic mass is 10.1. The number of nitrogens with zero attached hydrogens (tertiary/aromatic N) is 1. The second kappa shape index (κ2) is 6.09. The largest absolute Gasteiger partial charge is 0.418 e. The molecule has 0 spiro atoms. The Kier molecular flexibility index (Phi) is 4.61. The van der Waals surface area contributed by atoms with Gasteiger partial charge in [-0.3, -0.25) is 9.59 Å². The van der Waals surface area contributed by atoms with Gasteiger partial charge in [-0.15, -0.1) is 0 Å². The maximum Gasteiger partial charge on any atom is 0.418 e. The van der Waals surface area contributed by atoms with Gasteiger partial charge in [0.05, 0.1) is 11.3 Å². The van der Waals surface area contributed by atoms with E-state index >= 15 is 0 Å². The molecule has 0 N–H and O–H groups in total. The highest BCUT2D eigenvalue weighted by Crippen LogP contribution is 2.38. The summed E-state index contributed by atoms with van der Waals surface area (Å²) in [6, 6.07) is 5.06. The maximum atomic E-state index is 13.0. The average Bonchev–Trinajstić information content (AvgIpc) is 2.76. The Bertz CT molecular complexity index is 559. The molecule has 0 aliphatic carbocycles. The molecule has 0 bridgehead atoms. The number of hydrogen-bond donors (Lipinski definition) is 0. The van der Waals surface area contributed by atoms with Crippen LogP contribution in [0.4, 0.5) is 18.9 Å². The number of thioether (sulfide) groups is 1. The number of alkyl halides is 3. The summed E-state index contributed by atoms with van der Waals surface area (Å²) in [5.74, 6) is 0.0136. The topological polar surface area (TPSA) is 37.4 Å². The Morgan fingerprint density at radius 2 is 2.05 bits per heavy atom. The fourth-order valence-electron chi connectivity index (χ4n) is 2.31. The predicted molar refractivity (Wildman–Crippen MR) is 75.0 cm³/mol. The van der Waals surface area contributed by atoms with Gasteiger partial charge in [-0.1, -0.05) is 23.9 Å². The lowest BCUT2D eigenvalue weighted by Crippen LogP contribution is -2.27. The van der Waals surface area contributed by atoms with Gasteiger partial charge >= 0.3 is 6.18 Å². The lowest BCUT2D eigenvalue weighted by molar-refractivity contribution is -0.137. The molecule has 0 radical (unpaired) electrons. The molecule has 7 heteroatoms. The third-order valence-electron chi connectivity index (χ3n) is 3.23. The minimum Gasteiger partial charge on any atom is -0.311 e. The molecule has 0 aromatic heterocycles. The van der Waals surface area contributed by atoms with Crippen molar-refractivity contribution in [2.75, 3.05) is 17.2 Å². The molecule has 1 saturated heterocycles. The first-order chi connectivity index (χ1) is 9.79. The van der Waals surface area contributed by atoms with E-state index < -0.39 is 11.7 Å². The van der Waals surface area contributed by atoms with Crippen molar-refractivity contribution < 1.29 is 22.8 Å². The summed E-state index contributed by atoms with van der Waals surface area (Å²) < 4.78 is 39.0. The first-order valence-corrected chi connectivity index (χ1v) is 7.37. The predicted octanol–water partition coefficient (Wildman–Crippen LogP) is 3.34. The Balaban J connectivity index is 2.20. The summed E-state index contributed by atoms with van der Waals surface area (Å²) >= 11 is 1.10. The summed E-state index contributed by atoms with van der Waals surface area (Å²) in [4.78, 5) is 24.1. The Morgan fingerprint density at radius 1 is 1.38 bits per heavy atom. The van der Waals surface area contributed by atoms with Crippen molar-refractivity contribution in [3.63, 3.8) is 0 Å². The summed E-state index contributed by atoms with van der Waals surface area (Å²) in [7, 11) is 0. The smallest absolute Gasteiger partial charge is 0.311 e. The average molecular weight is 317 g/mol. The monoisotopic (exact) mass is 317 g/mol. The second-order valence-electron chi connectivity index (χ2n) is 4.89. The van der Waals surface area contributed by atoms with Crippen molar-refractivity contribution in [1.82, 2.24) is 0 Å². The molecule has 1 aliphatic rings. The number of para-hydroxylation sites is 1. The first kappa shape index (κ1) is 15.9. The number of carbonyl (C=O) groups excluding carboxylic acids is 2. The van der Waals surface area contributed by atoms with Gasteiger partial charge in [0.1, 0.15) is 0 Å². The fourth-order valence-corrected chi connectivity index (χ4v) is 3.00. The third-order valence-corrected chi connectivity index (χ3v) is 4.27. The summed E-state index contributed by atoms with van der Waals surface area (Å²) in [6.07, 6.45) is -4.32. The molecule has 1 heterocycles. The van der Waals surface area contributed by atoms with Crippen LogP contribution < -0.4 is 4.90 Å². The minimum absolute atomic E-state index is 0.0587. The molecule has 1 unspecified atom stereocenters. The summed E-state index contributed by atoms with van der Waals surface area (Å²) in [5.41, 5.74) is -0.913. The van der Waals surface area contributed by atoms with Crippen LogP contribution in [0, 0.1) is 5.92 Å². The molecule has 1 fully saturated rings. The Labute approximate surface area is 124 Å². The summed E-state index contributed by atoms with van der Waals surface area (Å²) in [5, 5.41) is -0.0587. The van der Waals surface area contributed by atoms with Gasteiger partial charge in [-0.2, -0.15) is 13.2 Å². The van der Waals surface area contributed by atoms with Crippen molar-refractivity contribution in [3.8, 4) is 0 Å². The normalized spacial score (nSPS) is 19.1. The van der Waals surface area contributed by atoms with Gasteiger partial charge in [0.2, 0.25) is 5.91 Å². The van der Waals surface area contributed by atoms with Crippen LogP contribution in [-0.4, -0.2) is 23.3 Å². The zero-order chi connectivity index (χ0) is 15.6. The van der Waals surface area contributed by atoms with E-state index in [1.807, 2.05) is 0 Å². The van der Waals surface area contributed by atoms with Gasteiger partial charge in [0.25, 0.3) is 0 Å². The van der Waals surface area contributed by atoms with E-state index in [0.29, 0.717) is 5.75 Å². The van der Waals surface area contributed by atoms with Crippen LogP contribution in [0.3, 0.4) is 0 Å². The minimum atomic E-state index is -4.50. The highest BCUT2D eigenvalue weighted by Gasteiger charge is 2.38. The number of benzene rings is 1. The number of anilines is 1. The van der Waals surface area contributed by atoms with Gasteiger partial charge < -0.3 is 4.90 Å². The highest BCUT2D eigenvalue weighted by atomic mass is 32.2. The maximum absolute atomic E-state index is 13.0. The highest BCUT2D eigenvalue weighted by molar-refractivity contribution is 8.13. The summed E-state index contributed by atoms with van der Waals surface area (Å²) in [6.45, 7) is 1.64. The van der Waals surface area contributed by atoms with Crippen LogP contribution in [0.25, 0.3) is 0 Å². The van der Waals surface area contributed by atoms with Crippen LogP contribution in [0.15, 0.2) is 24.3 Å². The molecule has 1 amide bonds. The van der Waals surface area contributed by atoms with Gasteiger partial charge in [0.15, 0.2) is 5.12 Å². The SMILES string of the molecule is CC(=O)SCC1CC(=O)N(c2ccccc2C(F)(F)F)C1. The van der Waals surface area contributed by atoms with Gasteiger partial charge in [-0.25, -0.2) is 0 Å². The number of halogens is 3. The van der Waals surface area contributed by atoms with E-state index in [2.05, 4.69) is 0 Å². The van der Waals surface area contributed by atoms with Crippen molar-refractivity contribution in [2.24, 2.45) is 5.92 Å². The molecule has 1 aliphatic heterocycles. The van der Waals surface area contributed by atoms with E-state index in [9.17, 15) is 22.8 Å². The standard InChI is InChI=1S/C14H14F3NO2S/c1-9(19)21-8-10-6-13(20)18(7-10)12-5-3-2-4-11(12)14(15,16)17/h2-5,10H,6-8H2,1H3. The molecule has 1 atom stereocenters. The number of hydrogen-bond acceptors (Lipinski definition) is 3. The van der Waals surface area contributed by atoms with E-state index in [-0.39, 0.29) is 35.6 Å². The van der Waals surface area contributed by atoms with E-state index in [4.69, 9.17) is 0 Å². The molecule has 0 saturated carbocycles. The Hall–Kier alpha value is -1.50.